The van der Waals surface area contributed by atoms with Crippen molar-refractivity contribution in [3.05, 3.63) is 78.2 Å². The third-order valence-electron chi connectivity index (χ3n) is 4.35. The number of ether oxygens (including phenoxy) is 1. The van der Waals surface area contributed by atoms with Crippen molar-refractivity contribution in [2.45, 2.75) is 13.3 Å². The van der Waals surface area contributed by atoms with Crippen molar-refractivity contribution in [1.82, 2.24) is 14.4 Å². The lowest BCUT2D eigenvalue weighted by atomic mass is 10.1. The van der Waals surface area contributed by atoms with E-state index in [2.05, 4.69) is 20.0 Å². The van der Waals surface area contributed by atoms with Gasteiger partial charge < -0.3 is 10.1 Å². The van der Waals surface area contributed by atoms with Crippen LogP contribution in [-0.4, -0.2) is 26.6 Å². The molecule has 9 heteroatoms. The van der Waals surface area contributed by atoms with Crippen LogP contribution in [0.3, 0.4) is 0 Å². The van der Waals surface area contributed by atoms with Gasteiger partial charge in [0, 0.05) is 35.4 Å². The van der Waals surface area contributed by atoms with Crippen LogP contribution in [0, 0.1) is 6.92 Å². The summed E-state index contributed by atoms with van der Waals surface area (Å²) in [6.07, 6.45) is 0.453. The Hall–Kier alpha value is -3.88. The summed E-state index contributed by atoms with van der Waals surface area (Å²) < 4.78 is 42.9. The SMILES string of the molecule is Cc1ccc(-c2cn3cccnc3n2)cc1NC(=O)c1cccc(OC(F)(F)F)c1. The van der Waals surface area contributed by atoms with Crippen molar-refractivity contribution in [3.8, 4) is 17.0 Å². The van der Waals surface area contributed by atoms with Gasteiger partial charge in [0.2, 0.25) is 5.78 Å². The number of rotatable bonds is 4. The summed E-state index contributed by atoms with van der Waals surface area (Å²) in [6.45, 7) is 1.81. The summed E-state index contributed by atoms with van der Waals surface area (Å²) >= 11 is 0. The van der Waals surface area contributed by atoms with Crippen LogP contribution in [0.5, 0.6) is 5.75 Å². The second-order valence-electron chi connectivity index (χ2n) is 6.51. The Kier molecular flexibility index (Phi) is 4.86. The molecule has 1 N–H and O–H groups in total. The number of imidazole rings is 1. The van der Waals surface area contributed by atoms with Gasteiger partial charge in [0.1, 0.15) is 5.75 Å². The number of hydrogen-bond acceptors (Lipinski definition) is 4. The minimum absolute atomic E-state index is 0.0403. The lowest BCUT2D eigenvalue weighted by Crippen LogP contribution is -2.18. The fourth-order valence-electron chi connectivity index (χ4n) is 2.91. The molecule has 0 radical (unpaired) electrons. The number of fused-ring (bicyclic) bond motifs is 1. The number of aryl methyl sites for hydroxylation is 1. The van der Waals surface area contributed by atoms with Gasteiger partial charge in [0.15, 0.2) is 0 Å². The van der Waals surface area contributed by atoms with Crippen LogP contribution in [-0.2, 0) is 0 Å². The number of carbonyl (C=O) groups excluding carboxylic acids is 1. The maximum atomic E-state index is 12.6. The number of nitrogens with zero attached hydrogens (tertiary/aromatic N) is 3. The second-order valence-corrected chi connectivity index (χ2v) is 6.51. The molecule has 152 valence electrons. The predicted octanol–water partition coefficient (Wildman–Crippen LogP) is 4.86. The maximum absolute atomic E-state index is 12.6. The summed E-state index contributed by atoms with van der Waals surface area (Å²) in [7, 11) is 0. The van der Waals surface area contributed by atoms with Crippen LogP contribution in [0.15, 0.2) is 67.1 Å². The predicted molar refractivity (Wildman–Crippen MR) is 104 cm³/mol. The Morgan fingerprint density at radius 3 is 2.73 bits per heavy atom. The molecule has 2 aromatic carbocycles. The zero-order valence-corrected chi connectivity index (χ0v) is 15.6. The second kappa shape index (κ2) is 7.51. The third kappa shape index (κ3) is 4.24. The lowest BCUT2D eigenvalue weighted by molar-refractivity contribution is -0.274. The van der Waals surface area contributed by atoms with Gasteiger partial charge >= 0.3 is 6.36 Å². The zero-order chi connectivity index (χ0) is 21.3. The van der Waals surface area contributed by atoms with E-state index in [1.54, 1.807) is 22.7 Å². The third-order valence-corrected chi connectivity index (χ3v) is 4.35. The molecule has 4 aromatic rings. The zero-order valence-electron chi connectivity index (χ0n) is 15.6. The summed E-state index contributed by atoms with van der Waals surface area (Å²) in [6, 6.07) is 12.1. The summed E-state index contributed by atoms with van der Waals surface area (Å²) in [5, 5.41) is 2.73. The van der Waals surface area contributed by atoms with Crippen molar-refractivity contribution in [2.75, 3.05) is 5.32 Å². The minimum atomic E-state index is -4.83. The van der Waals surface area contributed by atoms with E-state index < -0.39 is 18.0 Å². The van der Waals surface area contributed by atoms with Gasteiger partial charge in [-0.15, -0.1) is 13.2 Å². The number of nitrogens with one attached hydrogen (secondary N) is 1. The molecule has 0 spiro atoms. The Balaban J connectivity index is 1.59. The number of aromatic nitrogens is 3. The fraction of sp³-hybridized carbons (Fsp3) is 0.0952. The highest BCUT2D eigenvalue weighted by Gasteiger charge is 2.31. The Labute approximate surface area is 169 Å². The Morgan fingerprint density at radius 1 is 1.13 bits per heavy atom. The summed E-state index contributed by atoms with van der Waals surface area (Å²) in [5.74, 6) is -0.475. The van der Waals surface area contributed by atoms with Crippen molar-refractivity contribution >= 4 is 17.4 Å². The number of amides is 1. The molecule has 0 atom stereocenters. The fourth-order valence-corrected chi connectivity index (χ4v) is 2.91. The van der Waals surface area contributed by atoms with Crippen LogP contribution in [0.1, 0.15) is 15.9 Å². The van der Waals surface area contributed by atoms with Crippen LogP contribution >= 0.6 is 0 Å². The molecule has 0 aliphatic carbocycles. The molecule has 2 aromatic heterocycles. The van der Waals surface area contributed by atoms with Gasteiger partial charge in [-0.2, -0.15) is 0 Å². The highest BCUT2D eigenvalue weighted by Crippen LogP contribution is 2.27. The topological polar surface area (TPSA) is 68.5 Å². The van der Waals surface area contributed by atoms with E-state index in [0.717, 1.165) is 23.3 Å². The molecule has 0 saturated carbocycles. The van der Waals surface area contributed by atoms with E-state index in [4.69, 9.17) is 0 Å². The molecule has 0 fully saturated rings. The molecule has 1 amide bonds. The van der Waals surface area contributed by atoms with Crippen molar-refractivity contribution < 1.29 is 22.7 Å². The quantitative estimate of drug-likeness (QED) is 0.520. The molecule has 0 bridgehead atoms. The number of carbonyl (C=O) groups is 1. The monoisotopic (exact) mass is 412 g/mol. The standard InChI is InChI=1S/C21H15F3N4O2/c1-13-6-7-14(18-12-28-9-3-8-25-20(28)27-18)11-17(13)26-19(29)15-4-2-5-16(10-15)30-21(22,23)24/h2-12H,1H3,(H,26,29). The van der Waals surface area contributed by atoms with E-state index in [0.29, 0.717) is 17.2 Å². The average Bonchev–Trinajstić information content (AvgIpc) is 3.13. The van der Waals surface area contributed by atoms with Crippen LogP contribution in [0.2, 0.25) is 0 Å². The summed E-state index contributed by atoms with van der Waals surface area (Å²) in [4.78, 5) is 21.2. The van der Waals surface area contributed by atoms with E-state index in [-0.39, 0.29) is 5.56 Å². The molecular weight excluding hydrogens is 397 g/mol. The van der Waals surface area contributed by atoms with Crippen molar-refractivity contribution in [3.63, 3.8) is 0 Å². The smallest absolute Gasteiger partial charge is 0.406 e. The maximum Gasteiger partial charge on any atom is 0.573 e. The first-order valence-electron chi connectivity index (χ1n) is 8.86. The Morgan fingerprint density at radius 2 is 1.97 bits per heavy atom. The van der Waals surface area contributed by atoms with Crippen LogP contribution in [0.25, 0.3) is 17.0 Å². The molecule has 0 aliphatic heterocycles. The molecule has 30 heavy (non-hydrogen) atoms. The van der Waals surface area contributed by atoms with E-state index in [1.165, 1.54) is 12.1 Å². The van der Waals surface area contributed by atoms with Crippen molar-refractivity contribution in [1.29, 1.82) is 0 Å². The van der Waals surface area contributed by atoms with Crippen LogP contribution < -0.4 is 10.1 Å². The molecule has 0 saturated heterocycles. The van der Waals surface area contributed by atoms with E-state index in [1.807, 2.05) is 31.5 Å². The lowest BCUT2D eigenvalue weighted by Gasteiger charge is -2.12. The molecule has 0 unspecified atom stereocenters. The van der Waals surface area contributed by atoms with Crippen LogP contribution in [0.4, 0.5) is 18.9 Å². The number of halogens is 3. The first-order chi connectivity index (χ1) is 14.3. The first kappa shape index (κ1) is 19.4. The molecular formula is C21H15F3N4O2. The minimum Gasteiger partial charge on any atom is -0.406 e. The van der Waals surface area contributed by atoms with Gasteiger partial charge in [0.25, 0.3) is 5.91 Å². The van der Waals surface area contributed by atoms with E-state index in [9.17, 15) is 18.0 Å². The largest absolute Gasteiger partial charge is 0.573 e. The number of alkyl halides is 3. The van der Waals surface area contributed by atoms with Gasteiger partial charge in [-0.1, -0.05) is 18.2 Å². The Bertz CT molecular complexity index is 1200. The van der Waals surface area contributed by atoms with Gasteiger partial charge in [-0.25, -0.2) is 9.97 Å². The normalized spacial score (nSPS) is 11.5. The van der Waals surface area contributed by atoms with Gasteiger partial charge in [-0.05, 0) is 42.8 Å². The number of anilines is 1. The first-order valence-corrected chi connectivity index (χ1v) is 8.86. The van der Waals surface area contributed by atoms with Gasteiger partial charge in [-0.3, -0.25) is 9.20 Å². The molecule has 0 aliphatic rings. The molecule has 2 heterocycles. The van der Waals surface area contributed by atoms with Crippen molar-refractivity contribution in [2.24, 2.45) is 0 Å². The summed E-state index contributed by atoms with van der Waals surface area (Å²) in [5.41, 5.74) is 2.78. The number of hydrogen-bond donors (Lipinski definition) is 1. The average molecular weight is 412 g/mol. The van der Waals surface area contributed by atoms with Gasteiger partial charge in [0.05, 0.1) is 5.69 Å². The highest BCUT2D eigenvalue weighted by molar-refractivity contribution is 6.05. The van der Waals surface area contributed by atoms with E-state index >= 15 is 0 Å². The molecule has 4 rings (SSSR count). The highest BCUT2D eigenvalue weighted by atomic mass is 19.4. The number of benzene rings is 2. The molecule has 6 nitrogen and oxygen atoms in total.